The zero-order valence-corrected chi connectivity index (χ0v) is 15.4. The smallest absolute Gasteiger partial charge is 0.265 e. The second-order valence-electron chi connectivity index (χ2n) is 5.48. The van der Waals surface area contributed by atoms with Crippen LogP contribution in [0.5, 0.6) is 5.75 Å². The van der Waals surface area contributed by atoms with Crippen LogP contribution in [-0.2, 0) is 4.79 Å². The number of rotatable bonds is 5. The standard InChI is InChI=1S/C19H17ClN2O2S/c1-12(24-18-10-6-4-8-15(18)20)19(23)22-16-9-5-3-7-14(16)17-11-25-13(2)21-17/h3-12H,1-2H3,(H,22,23). The molecule has 3 rings (SSSR count). The number of hydrogen-bond donors (Lipinski definition) is 1. The third kappa shape index (κ3) is 4.18. The average Bonchev–Trinajstić information content (AvgIpc) is 3.03. The van der Waals surface area contributed by atoms with Crippen molar-refractivity contribution in [1.82, 2.24) is 4.98 Å². The fraction of sp³-hybridized carbons (Fsp3) is 0.158. The van der Waals surface area contributed by atoms with Crippen molar-refractivity contribution in [2.24, 2.45) is 0 Å². The number of nitrogens with zero attached hydrogens (tertiary/aromatic N) is 1. The highest BCUT2D eigenvalue weighted by Crippen LogP contribution is 2.29. The van der Waals surface area contributed by atoms with Gasteiger partial charge in [0.1, 0.15) is 5.75 Å². The first-order chi connectivity index (χ1) is 12.0. The number of para-hydroxylation sites is 2. The van der Waals surface area contributed by atoms with E-state index in [4.69, 9.17) is 16.3 Å². The Morgan fingerprint density at radius 2 is 1.92 bits per heavy atom. The minimum absolute atomic E-state index is 0.251. The van der Waals surface area contributed by atoms with Crippen molar-refractivity contribution in [3.8, 4) is 17.0 Å². The summed E-state index contributed by atoms with van der Waals surface area (Å²) in [6.07, 6.45) is -0.690. The molecule has 0 saturated heterocycles. The van der Waals surface area contributed by atoms with Gasteiger partial charge in [0.25, 0.3) is 5.91 Å². The molecule has 1 unspecified atom stereocenters. The predicted molar refractivity (Wildman–Crippen MR) is 102 cm³/mol. The van der Waals surface area contributed by atoms with Crippen LogP contribution in [-0.4, -0.2) is 17.0 Å². The number of ether oxygens (including phenoxy) is 1. The van der Waals surface area contributed by atoms with Crippen molar-refractivity contribution in [2.45, 2.75) is 20.0 Å². The summed E-state index contributed by atoms with van der Waals surface area (Å²) in [4.78, 5) is 17.0. The van der Waals surface area contributed by atoms with Crippen LogP contribution >= 0.6 is 22.9 Å². The van der Waals surface area contributed by atoms with Gasteiger partial charge in [-0.1, -0.05) is 41.9 Å². The summed E-state index contributed by atoms with van der Waals surface area (Å²) in [6.45, 7) is 3.64. The van der Waals surface area contributed by atoms with Crippen LogP contribution in [0.1, 0.15) is 11.9 Å². The van der Waals surface area contributed by atoms with Gasteiger partial charge in [-0.3, -0.25) is 4.79 Å². The number of benzene rings is 2. The molecule has 0 radical (unpaired) electrons. The first-order valence-corrected chi connectivity index (χ1v) is 9.04. The maximum atomic E-state index is 12.5. The highest BCUT2D eigenvalue weighted by molar-refractivity contribution is 7.09. The maximum absolute atomic E-state index is 12.5. The fourth-order valence-corrected chi connectivity index (χ4v) is 3.11. The van der Waals surface area contributed by atoms with Crippen molar-refractivity contribution in [3.63, 3.8) is 0 Å². The molecule has 2 aromatic carbocycles. The van der Waals surface area contributed by atoms with Gasteiger partial charge in [-0.15, -0.1) is 11.3 Å². The number of aromatic nitrogens is 1. The molecule has 4 nitrogen and oxygen atoms in total. The number of carbonyl (C=O) groups is 1. The Labute approximate surface area is 155 Å². The van der Waals surface area contributed by atoms with Gasteiger partial charge in [-0.25, -0.2) is 4.98 Å². The maximum Gasteiger partial charge on any atom is 0.265 e. The number of anilines is 1. The van der Waals surface area contributed by atoms with Gasteiger partial charge in [-0.05, 0) is 32.0 Å². The molecule has 3 aromatic rings. The lowest BCUT2D eigenvalue weighted by molar-refractivity contribution is -0.122. The summed E-state index contributed by atoms with van der Waals surface area (Å²) in [5.41, 5.74) is 2.43. The molecule has 1 amide bonds. The lowest BCUT2D eigenvalue weighted by Crippen LogP contribution is -2.30. The topological polar surface area (TPSA) is 51.2 Å². The van der Waals surface area contributed by atoms with Crippen molar-refractivity contribution in [3.05, 3.63) is 63.9 Å². The van der Waals surface area contributed by atoms with Crippen LogP contribution in [0, 0.1) is 6.92 Å². The second-order valence-corrected chi connectivity index (χ2v) is 6.95. The molecule has 0 spiro atoms. The largest absolute Gasteiger partial charge is 0.479 e. The van der Waals surface area contributed by atoms with Crippen LogP contribution in [0.2, 0.25) is 5.02 Å². The summed E-state index contributed by atoms with van der Waals surface area (Å²) in [7, 11) is 0. The highest BCUT2D eigenvalue weighted by atomic mass is 35.5. The third-order valence-corrected chi connectivity index (χ3v) is 4.68. The fourth-order valence-electron chi connectivity index (χ4n) is 2.32. The van der Waals surface area contributed by atoms with E-state index in [1.165, 1.54) is 0 Å². The summed E-state index contributed by atoms with van der Waals surface area (Å²) >= 11 is 7.65. The molecule has 1 N–H and O–H groups in total. The molecule has 0 aliphatic heterocycles. The van der Waals surface area contributed by atoms with E-state index in [1.54, 1.807) is 30.4 Å². The predicted octanol–water partition coefficient (Wildman–Crippen LogP) is 5.18. The van der Waals surface area contributed by atoms with E-state index in [-0.39, 0.29) is 5.91 Å². The monoisotopic (exact) mass is 372 g/mol. The zero-order chi connectivity index (χ0) is 17.8. The molecule has 1 heterocycles. The Hall–Kier alpha value is -2.37. The Morgan fingerprint density at radius 3 is 2.64 bits per heavy atom. The van der Waals surface area contributed by atoms with Gasteiger partial charge in [0.05, 0.1) is 21.4 Å². The van der Waals surface area contributed by atoms with Gasteiger partial charge < -0.3 is 10.1 Å². The lowest BCUT2D eigenvalue weighted by atomic mass is 10.1. The first-order valence-electron chi connectivity index (χ1n) is 7.78. The molecule has 1 aromatic heterocycles. The number of carbonyl (C=O) groups excluding carboxylic acids is 1. The van der Waals surface area contributed by atoms with Crippen molar-refractivity contribution in [1.29, 1.82) is 0 Å². The molecule has 0 aliphatic rings. The Morgan fingerprint density at radius 1 is 1.20 bits per heavy atom. The van der Waals surface area contributed by atoms with Crippen LogP contribution < -0.4 is 10.1 Å². The van der Waals surface area contributed by atoms with Crippen LogP contribution in [0.3, 0.4) is 0 Å². The van der Waals surface area contributed by atoms with Crippen LogP contribution in [0.25, 0.3) is 11.3 Å². The molecule has 1 atom stereocenters. The van der Waals surface area contributed by atoms with Gasteiger partial charge >= 0.3 is 0 Å². The van der Waals surface area contributed by atoms with Gasteiger partial charge in [0.2, 0.25) is 0 Å². The van der Waals surface area contributed by atoms with E-state index < -0.39 is 6.10 Å². The van der Waals surface area contributed by atoms with Crippen LogP contribution in [0.15, 0.2) is 53.9 Å². The van der Waals surface area contributed by atoms with Crippen LogP contribution in [0.4, 0.5) is 5.69 Å². The second kappa shape index (κ2) is 7.68. The normalized spacial score (nSPS) is 11.8. The molecule has 0 aliphatic carbocycles. The quantitative estimate of drug-likeness (QED) is 0.671. The lowest BCUT2D eigenvalue weighted by Gasteiger charge is -2.16. The number of amides is 1. The molecular formula is C19H17ClN2O2S. The Bertz CT molecular complexity index is 894. The van der Waals surface area contributed by atoms with Gasteiger partial charge in [0.15, 0.2) is 6.10 Å². The van der Waals surface area contributed by atoms with Crippen molar-refractivity contribution >= 4 is 34.5 Å². The molecule has 128 valence electrons. The Balaban J connectivity index is 1.76. The average molecular weight is 373 g/mol. The summed E-state index contributed by atoms with van der Waals surface area (Å²) < 4.78 is 5.67. The number of aryl methyl sites for hydroxylation is 1. The summed E-state index contributed by atoms with van der Waals surface area (Å²) in [6, 6.07) is 14.7. The number of halogens is 1. The molecular weight excluding hydrogens is 356 g/mol. The summed E-state index contributed by atoms with van der Waals surface area (Å²) in [5.74, 6) is 0.231. The zero-order valence-electron chi connectivity index (χ0n) is 13.8. The van der Waals surface area contributed by atoms with E-state index >= 15 is 0 Å². The van der Waals surface area contributed by atoms with E-state index in [0.717, 1.165) is 16.3 Å². The molecule has 25 heavy (non-hydrogen) atoms. The van der Waals surface area contributed by atoms with E-state index in [9.17, 15) is 4.79 Å². The van der Waals surface area contributed by atoms with E-state index in [1.807, 2.05) is 48.7 Å². The van der Waals surface area contributed by atoms with Gasteiger partial charge in [0, 0.05) is 10.9 Å². The molecule has 0 bridgehead atoms. The van der Waals surface area contributed by atoms with E-state index in [0.29, 0.717) is 16.5 Å². The molecule has 6 heteroatoms. The molecule has 0 fully saturated rings. The Kier molecular flexibility index (Phi) is 5.36. The summed E-state index contributed by atoms with van der Waals surface area (Å²) in [5, 5.41) is 6.34. The minimum Gasteiger partial charge on any atom is -0.479 e. The first kappa shape index (κ1) is 17.5. The van der Waals surface area contributed by atoms with Crippen molar-refractivity contribution < 1.29 is 9.53 Å². The minimum atomic E-state index is -0.690. The third-order valence-electron chi connectivity index (χ3n) is 3.59. The number of thiazole rings is 1. The van der Waals surface area contributed by atoms with E-state index in [2.05, 4.69) is 10.3 Å². The van der Waals surface area contributed by atoms with Gasteiger partial charge in [-0.2, -0.15) is 0 Å². The number of hydrogen-bond acceptors (Lipinski definition) is 4. The highest BCUT2D eigenvalue weighted by Gasteiger charge is 2.18. The molecule has 0 saturated carbocycles. The number of nitrogens with one attached hydrogen (secondary N) is 1. The SMILES string of the molecule is Cc1nc(-c2ccccc2NC(=O)C(C)Oc2ccccc2Cl)cs1. The van der Waals surface area contributed by atoms with Crippen molar-refractivity contribution in [2.75, 3.05) is 5.32 Å².